The first-order valence-corrected chi connectivity index (χ1v) is 12.5. The zero-order valence-corrected chi connectivity index (χ0v) is 18.8. The van der Waals surface area contributed by atoms with Crippen LogP contribution in [0.15, 0.2) is 58.3 Å². The van der Waals surface area contributed by atoms with Crippen molar-refractivity contribution in [1.29, 1.82) is 0 Å². The second kappa shape index (κ2) is 7.83. The first-order valence-electron chi connectivity index (χ1n) is 9.58. The van der Waals surface area contributed by atoms with Crippen LogP contribution in [0, 0.1) is 19.3 Å². The van der Waals surface area contributed by atoms with Crippen LogP contribution in [0.25, 0.3) is 0 Å². The van der Waals surface area contributed by atoms with Gasteiger partial charge in [-0.25, -0.2) is 21.6 Å². The Morgan fingerprint density at radius 3 is 1.93 bits per heavy atom. The second-order valence-corrected chi connectivity index (χ2v) is 12.0. The molecule has 2 atom stereocenters. The van der Waals surface area contributed by atoms with Gasteiger partial charge in [0.25, 0.3) is 0 Å². The molecule has 1 heterocycles. The number of sulfonamides is 2. The standard InChI is InChI=1S/C21H28N2O4S2/c1-16-5-9-19(10-6-16)28(24,25)22-14-21(4)13-18(3)23(15-21)29(26,27)20-11-7-17(2)8-12-20/h5-12,18,22H,13-15H2,1-4H3. The monoisotopic (exact) mass is 436 g/mol. The lowest BCUT2D eigenvalue weighted by Crippen LogP contribution is -2.39. The van der Waals surface area contributed by atoms with Crippen LogP contribution in [-0.4, -0.2) is 40.3 Å². The first kappa shape index (κ1) is 22.0. The summed E-state index contributed by atoms with van der Waals surface area (Å²) in [7, 11) is -7.28. The lowest BCUT2D eigenvalue weighted by Gasteiger charge is -2.25. The van der Waals surface area contributed by atoms with Crippen molar-refractivity contribution in [2.24, 2.45) is 5.41 Å². The van der Waals surface area contributed by atoms with Crippen LogP contribution in [0.4, 0.5) is 0 Å². The van der Waals surface area contributed by atoms with E-state index in [1.807, 2.05) is 27.7 Å². The molecule has 1 aliphatic heterocycles. The quantitative estimate of drug-likeness (QED) is 0.754. The fourth-order valence-corrected chi connectivity index (χ4v) is 6.76. The Morgan fingerprint density at radius 1 is 0.931 bits per heavy atom. The average Bonchev–Trinajstić information content (AvgIpc) is 2.97. The highest BCUT2D eigenvalue weighted by Crippen LogP contribution is 2.37. The van der Waals surface area contributed by atoms with Gasteiger partial charge in [0.1, 0.15) is 0 Å². The summed E-state index contributed by atoms with van der Waals surface area (Å²) >= 11 is 0. The van der Waals surface area contributed by atoms with Crippen molar-refractivity contribution in [3.63, 3.8) is 0 Å². The molecule has 1 N–H and O–H groups in total. The van der Waals surface area contributed by atoms with Gasteiger partial charge in [-0.15, -0.1) is 0 Å². The number of nitrogens with one attached hydrogen (secondary N) is 1. The molecule has 1 saturated heterocycles. The zero-order valence-electron chi connectivity index (χ0n) is 17.2. The van der Waals surface area contributed by atoms with Gasteiger partial charge in [0, 0.05) is 19.1 Å². The minimum Gasteiger partial charge on any atom is -0.211 e. The maximum Gasteiger partial charge on any atom is 0.243 e. The molecule has 0 spiro atoms. The maximum atomic E-state index is 13.1. The van der Waals surface area contributed by atoms with Crippen LogP contribution in [0.5, 0.6) is 0 Å². The first-order chi connectivity index (χ1) is 13.4. The van der Waals surface area contributed by atoms with E-state index in [0.717, 1.165) is 11.1 Å². The van der Waals surface area contributed by atoms with E-state index in [4.69, 9.17) is 0 Å². The number of aryl methyl sites for hydroxylation is 2. The molecule has 8 heteroatoms. The molecular formula is C21H28N2O4S2. The normalized spacial score (nSPS) is 23.4. The molecule has 0 amide bonds. The predicted octanol–water partition coefficient (Wildman–Crippen LogP) is 3.07. The molecule has 0 aromatic heterocycles. The van der Waals surface area contributed by atoms with Crippen molar-refractivity contribution in [2.45, 2.75) is 49.9 Å². The van der Waals surface area contributed by atoms with Crippen molar-refractivity contribution >= 4 is 20.0 Å². The van der Waals surface area contributed by atoms with Crippen LogP contribution in [0.3, 0.4) is 0 Å². The fraction of sp³-hybridized carbons (Fsp3) is 0.429. The van der Waals surface area contributed by atoms with Crippen LogP contribution < -0.4 is 4.72 Å². The number of rotatable bonds is 6. The average molecular weight is 437 g/mol. The van der Waals surface area contributed by atoms with E-state index in [1.54, 1.807) is 48.5 Å². The van der Waals surface area contributed by atoms with E-state index in [0.29, 0.717) is 6.42 Å². The lowest BCUT2D eigenvalue weighted by atomic mass is 9.88. The van der Waals surface area contributed by atoms with Gasteiger partial charge in [0.15, 0.2) is 0 Å². The molecule has 2 aromatic rings. The third-order valence-electron chi connectivity index (χ3n) is 5.47. The molecule has 158 valence electrons. The van der Waals surface area contributed by atoms with Gasteiger partial charge in [0.05, 0.1) is 9.79 Å². The molecule has 0 radical (unpaired) electrons. The molecule has 3 rings (SSSR count). The summed E-state index contributed by atoms with van der Waals surface area (Å²) in [4.78, 5) is 0.473. The largest absolute Gasteiger partial charge is 0.243 e. The summed E-state index contributed by atoms with van der Waals surface area (Å²) in [5.74, 6) is 0. The van der Waals surface area contributed by atoms with Gasteiger partial charge < -0.3 is 0 Å². The summed E-state index contributed by atoms with van der Waals surface area (Å²) in [6, 6.07) is 13.2. The van der Waals surface area contributed by atoms with Crippen molar-refractivity contribution in [1.82, 2.24) is 9.03 Å². The van der Waals surface area contributed by atoms with Crippen molar-refractivity contribution in [3.05, 3.63) is 59.7 Å². The third-order valence-corrected chi connectivity index (χ3v) is 8.86. The Labute approximate surface area is 174 Å². The number of hydrogen-bond acceptors (Lipinski definition) is 4. The minimum absolute atomic E-state index is 0.174. The Balaban J connectivity index is 1.75. The van der Waals surface area contributed by atoms with Crippen molar-refractivity contribution in [3.8, 4) is 0 Å². The van der Waals surface area contributed by atoms with Gasteiger partial charge in [-0.3, -0.25) is 0 Å². The van der Waals surface area contributed by atoms with E-state index in [1.165, 1.54) is 4.31 Å². The van der Waals surface area contributed by atoms with Gasteiger partial charge in [-0.2, -0.15) is 4.31 Å². The van der Waals surface area contributed by atoms with E-state index < -0.39 is 25.5 Å². The van der Waals surface area contributed by atoms with Gasteiger partial charge in [-0.1, -0.05) is 42.3 Å². The Kier molecular flexibility index (Phi) is 5.93. The van der Waals surface area contributed by atoms with Gasteiger partial charge in [0.2, 0.25) is 20.0 Å². The molecular weight excluding hydrogens is 408 g/mol. The highest BCUT2D eigenvalue weighted by molar-refractivity contribution is 7.89. The fourth-order valence-electron chi connectivity index (χ4n) is 3.78. The molecule has 1 fully saturated rings. The molecule has 0 bridgehead atoms. The van der Waals surface area contributed by atoms with E-state index in [9.17, 15) is 16.8 Å². The summed E-state index contributed by atoms with van der Waals surface area (Å²) < 4.78 is 55.5. The minimum atomic E-state index is -3.65. The Bertz CT molecular complexity index is 1080. The number of benzene rings is 2. The van der Waals surface area contributed by atoms with Crippen LogP contribution >= 0.6 is 0 Å². The zero-order chi connectivity index (χ0) is 21.4. The lowest BCUT2D eigenvalue weighted by molar-refractivity contribution is 0.337. The molecule has 0 aliphatic carbocycles. The molecule has 2 aromatic carbocycles. The smallest absolute Gasteiger partial charge is 0.211 e. The SMILES string of the molecule is Cc1ccc(S(=O)(=O)NCC2(C)CC(C)N(S(=O)(=O)c3ccc(C)cc3)C2)cc1. The van der Waals surface area contributed by atoms with Crippen LogP contribution in [0.1, 0.15) is 31.4 Å². The van der Waals surface area contributed by atoms with Crippen molar-refractivity contribution in [2.75, 3.05) is 13.1 Å². The summed E-state index contributed by atoms with van der Waals surface area (Å²) in [6.45, 7) is 8.03. The summed E-state index contributed by atoms with van der Waals surface area (Å²) in [5.41, 5.74) is 1.49. The highest BCUT2D eigenvalue weighted by atomic mass is 32.2. The van der Waals surface area contributed by atoms with Crippen molar-refractivity contribution < 1.29 is 16.8 Å². The topological polar surface area (TPSA) is 83.6 Å². The molecule has 6 nitrogen and oxygen atoms in total. The van der Waals surface area contributed by atoms with Crippen LogP contribution in [-0.2, 0) is 20.0 Å². The third kappa shape index (κ3) is 4.71. The number of hydrogen-bond donors (Lipinski definition) is 1. The molecule has 2 unspecified atom stereocenters. The summed E-state index contributed by atoms with van der Waals surface area (Å²) in [6.07, 6.45) is 0.578. The molecule has 29 heavy (non-hydrogen) atoms. The van der Waals surface area contributed by atoms with Gasteiger partial charge in [-0.05, 0) is 56.9 Å². The summed E-state index contributed by atoms with van der Waals surface area (Å²) in [5, 5.41) is 0. The molecule has 1 aliphatic rings. The van der Waals surface area contributed by atoms with E-state index in [2.05, 4.69) is 4.72 Å². The van der Waals surface area contributed by atoms with E-state index in [-0.39, 0.29) is 28.9 Å². The maximum absolute atomic E-state index is 13.1. The number of nitrogens with zero attached hydrogens (tertiary/aromatic N) is 1. The highest BCUT2D eigenvalue weighted by Gasteiger charge is 2.44. The second-order valence-electron chi connectivity index (χ2n) is 8.36. The predicted molar refractivity (Wildman–Crippen MR) is 114 cm³/mol. The Hall–Kier alpha value is -1.74. The Morgan fingerprint density at radius 2 is 1.41 bits per heavy atom. The molecule has 0 saturated carbocycles. The van der Waals surface area contributed by atoms with Crippen LogP contribution in [0.2, 0.25) is 0 Å². The van der Waals surface area contributed by atoms with Gasteiger partial charge >= 0.3 is 0 Å². The van der Waals surface area contributed by atoms with E-state index >= 15 is 0 Å².